The Kier molecular flexibility index (Phi) is 6.28. The second kappa shape index (κ2) is 7.88. The van der Waals surface area contributed by atoms with Crippen LogP contribution in [0, 0.1) is 5.92 Å². The fourth-order valence-electron chi connectivity index (χ4n) is 3.30. The highest BCUT2D eigenvalue weighted by Crippen LogP contribution is 2.32. The van der Waals surface area contributed by atoms with Crippen molar-refractivity contribution in [2.75, 3.05) is 7.11 Å². The van der Waals surface area contributed by atoms with Crippen molar-refractivity contribution >= 4 is 5.97 Å². The van der Waals surface area contributed by atoms with Crippen molar-refractivity contribution in [1.82, 2.24) is 0 Å². The van der Waals surface area contributed by atoms with Gasteiger partial charge in [0.1, 0.15) is 6.10 Å². The summed E-state index contributed by atoms with van der Waals surface area (Å²) in [6.45, 7) is 8.10. The molecule has 0 saturated heterocycles. The number of carbonyl (C=O) groups excluding carboxylic acids is 1. The largest absolute Gasteiger partial charge is 0.454 e. The summed E-state index contributed by atoms with van der Waals surface area (Å²) in [4.78, 5) is 12.1. The lowest BCUT2D eigenvalue weighted by molar-refractivity contribution is -0.139. The van der Waals surface area contributed by atoms with Gasteiger partial charge in [-0.2, -0.15) is 0 Å². The lowest BCUT2D eigenvalue weighted by Crippen LogP contribution is -2.34. The van der Waals surface area contributed by atoms with E-state index in [1.54, 1.807) is 7.11 Å². The molecule has 140 valence electrons. The molecule has 4 heteroatoms. The van der Waals surface area contributed by atoms with Crippen LogP contribution in [-0.4, -0.2) is 35.5 Å². The minimum absolute atomic E-state index is 0.0359. The summed E-state index contributed by atoms with van der Waals surface area (Å²) < 4.78 is 11.2. The molecule has 1 aliphatic heterocycles. The maximum Gasteiger partial charge on any atom is 0.334 e. The summed E-state index contributed by atoms with van der Waals surface area (Å²) in [6, 6.07) is 0. The predicted octanol–water partition coefficient (Wildman–Crippen LogP) is 4.10. The number of fused-ring (bicyclic) bond motifs is 1. The summed E-state index contributed by atoms with van der Waals surface area (Å²) >= 11 is 0. The maximum atomic E-state index is 12.1. The van der Waals surface area contributed by atoms with Gasteiger partial charge in [0.05, 0.1) is 11.2 Å². The molecule has 1 N–H and O–H groups in total. The first-order valence-electron chi connectivity index (χ1n) is 9.23. The molecule has 3 atom stereocenters. The molecule has 1 aliphatic carbocycles. The van der Waals surface area contributed by atoms with E-state index in [0.29, 0.717) is 18.4 Å². The third-order valence-electron chi connectivity index (χ3n) is 5.55. The fourth-order valence-corrected chi connectivity index (χ4v) is 3.30. The van der Waals surface area contributed by atoms with Crippen LogP contribution in [0.25, 0.3) is 0 Å². The number of esters is 1. The second-order valence-electron chi connectivity index (χ2n) is 7.92. The number of methoxy groups -OCH3 is 1. The lowest BCUT2D eigenvalue weighted by atomic mass is 9.82. The van der Waals surface area contributed by atoms with Crippen molar-refractivity contribution < 1.29 is 19.4 Å². The average molecular weight is 348 g/mol. The smallest absolute Gasteiger partial charge is 0.334 e. The molecule has 25 heavy (non-hydrogen) atoms. The summed E-state index contributed by atoms with van der Waals surface area (Å²) in [5, 5.41) is 11.1. The van der Waals surface area contributed by atoms with E-state index in [9.17, 15) is 9.90 Å². The van der Waals surface area contributed by atoms with E-state index < -0.39 is 11.2 Å². The van der Waals surface area contributed by atoms with Crippen LogP contribution in [0.3, 0.4) is 0 Å². The van der Waals surface area contributed by atoms with Gasteiger partial charge in [-0.1, -0.05) is 37.6 Å². The molecule has 0 saturated carbocycles. The monoisotopic (exact) mass is 348 g/mol. The summed E-state index contributed by atoms with van der Waals surface area (Å²) in [6.07, 6.45) is 11.2. The van der Waals surface area contributed by atoms with Crippen LogP contribution >= 0.6 is 0 Å². The Morgan fingerprint density at radius 2 is 2.04 bits per heavy atom. The van der Waals surface area contributed by atoms with Crippen LogP contribution in [-0.2, 0) is 14.3 Å². The highest BCUT2D eigenvalue weighted by Gasteiger charge is 2.33. The van der Waals surface area contributed by atoms with Crippen LogP contribution in [0.15, 0.2) is 35.5 Å². The first-order valence-corrected chi connectivity index (χ1v) is 9.23. The molecule has 0 spiro atoms. The quantitative estimate of drug-likeness (QED) is 0.603. The molecule has 4 nitrogen and oxygen atoms in total. The van der Waals surface area contributed by atoms with E-state index in [0.717, 1.165) is 19.3 Å². The molecule has 0 amide bonds. The lowest BCUT2D eigenvalue weighted by Gasteiger charge is -2.32. The maximum absolute atomic E-state index is 12.1. The van der Waals surface area contributed by atoms with Crippen LogP contribution in [0.4, 0.5) is 0 Å². The van der Waals surface area contributed by atoms with Gasteiger partial charge in [0.15, 0.2) is 0 Å². The number of ether oxygens (including phenoxy) is 2. The number of aliphatic hydroxyl groups is 1. The number of rotatable bonds is 2. The van der Waals surface area contributed by atoms with Crippen molar-refractivity contribution in [2.24, 2.45) is 5.92 Å². The van der Waals surface area contributed by atoms with E-state index in [1.165, 1.54) is 5.57 Å². The SMILES string of the molecule is CO[C@@]1(C)/C=C/[C@@](O)(C(C)C)CCC2=C[C@@H](C/C(C)=C/CC1)OC2=O. The highest BCUT2D eigenvalue weighted by atomic mass is 16.5. The van der Waals surface area contributed by atoms with Gasteiger partial charge < -0.3 is 14.6 Å². The van der Waals surface area contributed by atoms with Gasteiger partial charge >= 0.3 is 5.97 Å². The molecule has 1 heterocycles. The van der Waals surface area contributed by atoms with Gasteiger partial charge in [-0.25, -0.2) is 4.79 Å². The van der Waals surface area contributed by atoms with E-state index in [1.807, 2.05) is 39.0 Å². The zero-order valence-corrected chi connectivity index (χ0v) is 16.2. The Morgan fingerprint density at radius 3 is 2.68 bits per heavy atom. The van der Waals surface area contributed by atoms with Gasteiger partial charge in [-0.05, 0) is 51.5 Å². The second-order valence-corrected chi connectivity index (χ2v) is 7.92. The Labute approximate surface area is 151 Å². The zero-order chi connectivity index (χ0) is 18.7. The zero-order valence-electron chi connectivity index (χ0n) is 16.2. The van der Waals surface area contributed by atoms with Crippen LogP contribution in [0.5, 0.6) is 0 Å². The van der Waals surface area contributed by atoms with Crippen LogP contribution in [0.2, 0.25) is 0 Å². The molecule has 0 unspecified atom stereocenters. The third-order valence-corrected chi connectivity index (χ3v) is 5.55. The van der Waals surface area contributed by atoms with Gasteiger partial charge in [-0.15, -0.1) is 0 Å². The summed E-state index contributed by atoms with van der Waals surface area (Å²) in [5.74, 6) is -0.210. The Bertz CT molecular complexity index is 587. The molecular formula is C21H32O4. The molecule has 0 aromatic carbocycles. The van der Waals surface area contributed by atoms with Crippen LogP contribution in [0.1, 0.15) is 59.8 Å². The van der Waals surface area contributed by atoms with E-state index in [4.69, 9.17) is 9.47 Å². The van der Waals surface area contributed by atoms with Gasteiger partial charge in [0.25, 0.3) is 0 Å². The molecule has 2 rings (SSSR count). The van der Waals surface area contributed by atoms with Crippen molar-refractivity contribution in [3.05, 3.63) is 35.5 Å². The number of allylic oxidation sites excluding steroid dienone is 1. The topological polar surface area (TPSA) is 55.8 Å². The minimum Gasteiger partial charge on any atom is -0.454 e. The average Bonchev–Trinajstić information content (AvgIpc) is 2.89. The minimum atomic E-state index is -0.977. The Hall–Kier alpha value is -1.39. The number of hydrogen-bond donors (Lipinski definition) is 1. The Morgan fingerprint density at radius 1 is 1.32 bits per heavy atom. The number of carbonyl (C=O) groups is 1. The van der Waals surface area contributed by atoms with Crippen molar-refractivity contribution in [3.63, 3.8) is 0 Å². The molecule has 0 radical (unpaired) electrons. The first kappa shape index (κ1) is 19.9. The molecule has 0 aromatic heterocycles. The normalized spacial score (nSPS) is 37.7. The number of hydrogen-bond acceptors (Lipinski definition) is 4. The summed E-state index contributed by atoms with van der Waals surface area (Å²) in [5.41, 5.74) is 0.494. The van der Waals surface area contributed by atoms with Crippen molar-refractivity contribution in [1.29, 1.82) is 0 Å². The van der Waals surface area contributed by atoms with Crippen molar-refractivity contribution in [3.8, 4) is 0 Å². The predicted molar refractivity (Wildman–Crippen MR) is 99.1 cm³/mol. The van der Waals surface area contributed by atoms with Gasteiger partial charge in [0.2, 0.25) is 0 Å². The Balaban J connectivity index is 2.33. The van der Waals surface area contributed by atoms with Gasteiger partial charge in [0, 0.05) is 19.1 Å². The molecule has 0 aromatic rings. The first-order chi connectivity index (χ1) is 11.7. The molecular weight excluding hydrogens is 316 g/mol. The van der Waals surface area contributed by atoms with E-state index in [2.05, 4.69) is 13.0 Å². The summed E-state index contributed by atoms with van der Waals surface area (Å²) in [7, 11) is 1.70. The molecule has 0 fully saturated rings. The third kappa shape index (κ3) is 5.05. The fraction of sp³-hybridized carbons (Fsp3) is 0.667. The molecule has 2 aliphatic rings. The molecule has 2 bridgehead atoms. The van der Waals surface area contributed by atoms with Gasteiger partial charge in [-0.3, -0.25) is 0 Å². The highest BCUT2D eigenvalue weighted by molar-refractivity contribution is 5.90. The van der Waals surface area contributed by atoms with Crippen LogP contribution < -0.4 is 0 Å². The standard InChI is InChI=1S/C21H32O4/c1-15(2)21(23)10-8-17-14-18(25-19(17)22)13-16(3)7-6-9-20(4,24-5)11-12-21/h7,11-12,14-15,18,23H,6,8-10,13H2,1-5H3/b12-11+,16-7+/t18-,20-,21-/m1/s1. The van der Waals surface area contributed by atoms with E-state index >= 15 is 0 Å². The van der Waals surface area contributed by atoms with Crippen molar-refractivity contribution in [2.45, 2.75) is 77.1 Å². The van der Waals surface area contributed by atoms with E-state index in [-0.39, 0.29) is 18.0 Å².